The number of sulfonamides is 1. The fraction of sp³-hybridized carbons (Fsp3) is 0.571. The first-order valence-corrected chi connectivity index (χ1v) is 9.31. The van der Waals surface area contributed by atoms with Crippen molar-refractivity contribution < 1.29 is 8.42 Å². The molecule has 1 aromatic carbocycles. The molecule has 2 N–H and O–H groups in total. The third-order valence-electron chi connectivity index (χ3n) is 3.72. The largest absolute Gasteiger partial charge is 0.316 e. The van der Waals surface area contributed by atoms with E-state index in [0.717, 1.165) is 25.1 Å². The zero-order valence-electron chi connectivity index (χ0n) is 12.4. The summed E-state index contributed by atoms with van der Waals surface area (Å²) in [7, 11) is 0.420. The van der Waals surface area contributed by atoms with E-state index in [-0.39, 0.29) is 0 Å². The Morgan fingerprint density at radius 1 is 1.43 bits per heavy atom. The molecule has 1 aromatic rings. The van der Waals surface area contributed by atoms with Gasteiger partial charge in [0.05, 0.1) is 4.90 Å². The number of benzene rings is 1. The highest BCUT2D eigenvalue weighted by Crippen LogP contribution is 2.23. The highest BCUT2D eigenvalue weighted by Gasteiger charge is 2.23. The van der Waals surface area contributed by atoms with Gasteiger partial charge in [-0.15, -0.1) is 0 Å². The normalized spacial score (nSPS) is 20.0. The van der Waals surface area contributed by atoms with E-state index >= 15 is 0 Å². The molecule has 0 amide bonds. The molecule has 2 rings (SSSR count). The van der Waals surface area contributed by atoms with Crippen LogP contribution in [0.1, 0.15) is 12.0 Å². The maximum absolute atomic E-state index is 12.5. The quantitative estimate of drug-likeness (QED) is 0.788. The first-order valence-electron chi connectivity index (χ1n) is 7.03. The number of halogens is 1. The second kappa shape index (κ2) is 7.19. The van der Waals surface area contributed by atoms with Crippen LogP contribution in [0.4, 0.5) is 0 Å². The summed E-state index contributed by atoms with van der Waals surface area (Å²) in [6.07, 6.45) is 1.04. The van der Waals surface area contributed by atoms with E-state index in [1.807, 2.05) is 13.1 Å². The topological polar surface area (TPSA) is 61.4 Å². The van der Waals surface area contributed by atoms with E-state index in [0.29, 0.717) is 28.4 Å². The standard InChI is InChI=1S/C14H22BrN3O2S/c1-16-8-11-3-4-13(15)14(7-11)21(19,20)17-9-12-5-6-18(2)10-12/h3-4,7,12,16-17H,5-6,8-10H2,1-2H3. The minimum Gasteiger partial charge on any atom is -0.316 e. The van der Waals surface area contributed by atoms with Crippen molar-refractivity contribution in [2.24, 2.45) is 5.92 Å². The number of nitrogens with zero attached hydrogens (tertiary/aromatic N) is 1. The van der Waals surface area contributed by atoms with Crippen LogP contribution in [0.25, 0.3) is 0 Å². The maximum Gasteiger partial charge on any atom is 0.241 e. The minimum atomic E-state index is -3.48. The Kier molecular flexibility index (Phi) is 5.79. The molecular formula is C14H22BrN3O2S. The molecular weight excluding hydrogens is 354 g/mol. The van der Waals surface area contributed by atoms with Crippen LogP contribution < -0.4 is 10.0 Å². The molecule has 7 heteroatoms. The van der Waals surface area contributed by atoms with Gasteiger partial charge in [0.2, 0.25) is 10.0 Å². The molecule has 21 heavy (non-hydrogen) atoms. The van der Waals surface area contributed by atoms with E-state index in [9.17, 15) is 8.42 Å². The van der Waals surface area contributed by atoms with E-state index < -0.39 is 10.0 Å². The van der Waals surface area contributed by atoms with Crippen molar-refractivity contribution in [3.8, 4) is 0 Å². The number of hydrogen-bond donors (Lipinski definition) is 2. The molecule has 1 aliphatic heterocycles. The molecule has 1 atom stereocenters. The maximum atomic E-state index is 12.5. The number of nitrogens with one attached hydrogen (secondary N) is 2. The fourth-order valence-electron chi connectivity index (χ4n) is 2.57. The lowest BCUT2D eigenvalue weighted by Crippen LogP contribution is -2.30. The molecule has 0 radical (unpaired) electrons. The monoisotopic (exact) mass is 375 g/mol. The molecule has 0 saturated carbocycles. The van der Waals surface area contributed by atoms with Crippen molar-refractivity contribution in [2.75, 3.05) is 33.7 Å². The second-order valence-electron chi connectivity index (χ2n) is 5.56. The van der Waals surface area contributed by atoms with E-state index in [1.165, 1.54) is 0 Å². The Morgan fingerprint density at radius 2 is 2.19 bits per heavy atom. The summed E-state index contributed by atoms with van der Waals surface area (Å²) in [6, 6.07) is 5.40. The van der Waals surface area contributed by atoms with Crippen LogP contribution in [0, 0.1) is 5.92 Å². The Hall–Kier alpha value is -0.470. The summed E-state index contributed by atoms with van der Waals surface area (Å²) in [5.74, 6) is 0.393. The molecule has 118 valence electrons. The third kappa shape index (κ3) is 4.50. The molecule has 1 fully saturated rings. The lowest BCUT2D eigenvalue weighted by molar-refractivity contribution is 0.394. The van der Waals surface area contributed by atoms with Crippen LogP contribution >= 0.6 is 15.9 Å². The summed E-state index contributed by atoms with van der Waals surface area (Å²) < 4.78 is 28.3. The lowest BCUT2D eigenvalue weighted by Gasteiger charge is -2.14. The van der Waals surface area contributed by atoms with Crippen LogP contribution in [-0.4, -0.2) is 47.0 Å². The molecule has 1 heterocycles. The zero-order chi connectivity index (χ0) is 15.5. The van der Waals surface area contributed by atoms with Crippen LogP contribution in [0.3, 0.4) is 0 Å². The SMILES string of the molecule is CNCc1ccc(Br)c(S(=O)(=O)NCC2CCN(C)C2)c1. The molecule has 1 saturated heterocycles. The summed E-state index contributed by atoms with van der Waals surface area (Å²) in [6.45, 7) is 3.12. The number of hydrogen-bond acceptors (Lipinski definition) is 4. The van der Waals surface area contributed by atoms with Gasteiger partial charge in [-0.3, -0.25) is 0 Å². The van der Waals surface area contributed by atoms with Gasteiger partial charge >= 0.3 is 0 Å². The summed E-state index contributed by atoms with van der Waals surface area (Å²) in [4.78, 5) is 2.53. The second-order valence-corrected chi connectivity index (χ2v) is 8.15. The Balaban J connectivity index is 2.09. The minimum absolute atomic E-state index is 0.307. The van der Waals surface area contributed by atoms with Gasteiger partial charge in [-0.05, 0) is 66.6 Å². The molecule has 0 aliphatic carbocycles. The van der Waals surface area contributed by atoms with Crippen LogP contribution in [0.15, 0.2) is 27.6 Å². The van der Waals surface area contributed by atoms with Crippen molar-refractivity contribution in [2.45, 2.75) is 17.9 Å². The summed E-state index contributed by atoms with van der Waals surface area (Å²) in [5.41, 5.74) is 0.946. The van der Waals surface area contributed by atoms with E-state index in [4.69, 9.17) is 0 Å². The van der Waals surface area contributed by atoms with Gasteiger partial charge in [0.1, 0.15) is 0 Å². The molecule has 5 nitrogen and oxygen atoms in total. The zero-order valence-corrected chi connectivity index (χ0v) is 14.8. The number of likely N-dealkylation sites (tertiary alicyclic amines) is 1. The van der Waals surface area contributed by atoms with E-state index in [1.54, 1.807) is 12.1 Å². The van der Waals surface area contributed by atoms with Gasteiger partial charge in [0.25, 0.3) is 0 Å². The van der Waals surface area contributed by atoms with Crippen LogP contribution in [0.5, 0.6) is 0 Å². The van der Waals surface area contributed by atoms with Gasteiger partial charge < -0.3 is 10.2 Å². The van der Waals surface area contributed by atoms with Crippen molar-refractivity contribution in [3.63, 3.8) is 0 Å². The molecule has 1 aliphatic rings. The Labute approximate surface area is 135 Å². The van der Waals surface area contributed by atoms with Crippen molar-refractivity contribution in [1.82, 2.24) is 14.9 Å². The lowest BCUT2D eigenvalue weighted by atomic mass is 10.1. The number of rotatable bonds is 6. The predicted octanol–water partition coefficient (Wildman–Crippen LogP) is 1.40. The van der Waals surface area contributed by atoms with Gasteiger partial charge in [0.15, 0.2) is 0 Å². The van der Waals surface area contributed by atoms with Gasteiger partial charge in [-0.2, -0.15) is 0 Å². The molecule has 1 unspecified atom stereocenters. The smallest absolute Gasteiger partial charge is 0.241 e. The first kappa shape index (κ1) is 16.9. The first-order chi connectivity index (χ1) is 9.92. The molecule has 0 bridgehead atoms. The van der Waals surface area contributed by atoms with Crippen LogP contribution in [-0.2, 0) is 16.6 Å². The third-order valence-corrected chi connectivity index (χ3v) is 6.13. The van der Waals surface area contributed by atoms with Gasteiger partial charge in [-0.1, -0.05) is 6.07 Å². The van der Waals surface area contributed by atoms with Crippen LogP contribution in [0.2, 0.25) is 0 Å². The average Bonchev–Trinajstić information content (AvgIpc) is 2.85. The predicted molar refractivity (Wildman–Crippen MR) is 87.7 cm³/mol. The molecule has 0 spiro atoms. The summed E-state index contributed by atoms with van der Waals surface area (Å²) >= 11 is 3.33. The van der Waals surface area contributed by atoms with Gasteiger partial charge in [-0.25, -0.2) is 13.1 Å². The molecule has 0 aromatic heterocycles. The average molecular weight is 376 g/mol. The fourth-order valence-corrected chi connectivity index (χ4v) is 4.69. The highest BCUT2D eigenvalue weighted by atomic mass is 79.9. The van der Waals surface area contributed by atoms with Crippen molar-refractivity contribution in [1.29, 1.82) is 0 Å². The van der Waals surface area contributed by atoms with Crippen molar-refractivity contribution >= 4 is 26.0 Å². The van der Waals surface area contributed by atoms with Gasteiger partial charge in [0, 0.05) is 24.1 Å². The van der Waals surface area contributed by atoms with Crippen molar-refractivity contribution in [3.05, 3.63) is 28.2 Å². The van der Waals surface area contributed by atoms with E-state index in [2.05, 4.69) is 37.9 Å². The highest BCUT2D eigenvalue weighted by molar-refractivity contribution is 9.10. The Morgan fingerprint density at radius 3 is 2.81 bits per heavy atom. The summed E-state index contributed by atoms with van der Waals surface area (Å²) in [5, 5.41) is 3.03. The Bertz CT molecular complexity index is 592.